The SMILES string of the molecule is CCNC(=NCCCOCC(F)(F)F)NCCN(C)CCCOC. The molecule has 0 saturated heterocycles. The van der Waals surface area contributed by atoms with E-state index in [2.05, 4.69) is 25.3 Å². The van der Waals surface area contributed by atoms with Crippen LogP contribution in [-0.4, -0.2) is 83.7 Å². The molecule has 0 saturated carbocycles. The zero-order valence-electron chi connectivity index (χ0n) is 14.9. The van der Waals surface area contributed by atoms with E-state index in [0.717, 1.165) is 39.2 Å². The number of rotatable bonds is 13. The highest BCUT2D eigenvalue weighted by atomic mass is 19.4. The van der Waals surface area contributed by atoms with Crippen molar-refractivity contribution >= 4 is 5.96 Å². The molecule has 0 rings (SSSR count). The highest BCUT2D eigenvalue weighted by Crippen LogP contribution is 2.14. The molecule has 0 aliphatic carbocycles. The minimum Gasteiger partial charge on any atom is -0.385 e. The fraction of sp³-hybridized carbons (Fsp3) is 0.933. The van der Waals surface area contributed by atoms with Gasteiger partial charge in [-0.25, -0.2) is 0 Å². The fourth-order valence-electron chi connectivity index (χ4n) is 1.84. The number of aliphatic imine (C=N–C) groups is 1. The van der Waals surface area contributed by atoms with Gasteiger partial charge in [-0.05, 0) is 26.8 Å². The maximum atomic E-state index is 11.9. The average molecular weight is 356 g/mol. The third-order valence-corrected chi connectivity index (χ3v) is 3.00. The van der Waals surface area contributed by atoms with Gasteiger partial charge in [-0.1, -0.05) is 0 Å². The predicted octanol–water partition coefficient (Wildman–Crippen LogP) is 1.48. The quantitative estimate of drug-likeness (QED) is 0.297. The monoisotopic (exact) mass is 356 g/mol. The second-order valence-electron chi connectivity index (χ2n) is 5.36. The molecule has 144 valence electrons. The highest BCUT2D eigenvalue weighted by molar-refractivity contribution is 5.79. The van der Waals surface area contributed by atoms with E-state index in [4.69, 9.17) is 4.74 Å². The largest absolute Gasteiger partial charge is 0.411 e. The van der Waals surface area contributed by atoms with Gasteiger partial charge in [-0.15, -0.1) is 0 Å². The Labute approximate surface area is 142 Å². The standard InChI is InChI=1S/C15H31F3N4O2/c1-4-19-14(20-7-5-12-24-13-15(16,17)18)21-8-10-22(2)9-6-11-23-3/h4-13H2,1-3H3,(H2,19,20,21). The molecule has 0 spiro atoms. The van der Waals surface area contributed by atoms with E-state index in [-0.39, 0.29) is 6.61 Å². The molecule has 0 bridgehead atoms. The summed E-state index contributed by atoms with van der Waals surface area (Å²) in [7, 11) is 3.73. The molecule has 0 atom stereocenters. The molecule has 9 heteroatoms. The number of halogens is 3. The number of guanidine groups is 1. The van der Waals surface area contributed by atoms with Gasteiger partial charge in [-0.2, -0.15) is 13.2 Å². The molecule has 0 aliphatic rings. The summed E-state index contributed by atoms with van der Waals surface area (Å²) in [5, 5.41) is 6.31. The first-order valence-electron chi connectivity index (χ1n) is 8.23. The van der Waals surface area contributed by atoms with Crippen molar-refractivity contribution < 1.29 is 22.6 Å². The van der Waals surface area contributed by atoms with Crippen LogP contribution in [0.15, 0.2) is 4.99 Å². The van der Waals surface area contributed by atoms with E-state index in [1.807, 2.05) is 14.0 Å². The van der Waals surface area contributed by atoms with Crippen molar-refractivity contribution in [1.29, 1.82) is 0 Å². The van der Waals surface area contributed by atoms with Crippen molar-refractivity contribution in [2.75, 3.05) is 66.7 Å². The van der Waals surface area contributed by atoms with E-state index >= 15 is 0 Å². The minimum absolute atomic E-state index is 0.0463. The molecule has 6 nitrogen and oxygen atoms in total. The zero-order chi connectivity index (χ0) is 18.3. The first kappa shape index (κ1) is 22.9. The lowest BCUT2D eigenvalue weighted by atomic mass is 10.4. The molecule has 0 aromatic rings. The van der Waals surface area contributed by atoms with Gasteiger partial charge in [0.05, 0.1) is 0 Å². The summed E-state index contributed by atoms with van der Waals surface area (Å²) >= 11 is 0. The van der Waals surface area contributed by atoms with Crippen molar-refractivity contribution in [3.8, 4) is 0 Å². The van der Waals surface area contributed by atoms with E-state index < -0.39 is 12.8 Å². The first-order valence-corrected chi connectivity index (χ1v) is 8.23. The summed E-state index contributed by atoms with van der Waals surface area (Å²) in [6, 6.07) is 0. The van der Waals surface area contributed by atoms with Crippen LogP contribution in [0, 0.1) is 0 Å². The molecule has 0 amide bonds. The summed E-state index contributed by atoms with van der Waals surface area (Å²) in [4.78, 5) is 6.51. The predicted molar refractivity (Wildman–Crippen MR) is 89.5 cm³/mol. The molecule has 2 N–H and O–H groups in total. The van der Waals surface area contributed by atoms with Crippen LogP contribution in [0.3, 0.4) is 0 Å². The summed E-state index contributed by atoms with van der Waals surface area (Å²) in [5.74, 6) is 0.665. The van der Waals surface area contributed by atoms with Crippen LogP contribution in [0.2, 0.25) is 0 Å². The van der Waals surface area contributed by atoms with Crippen LogP contribution in [0.4, 0.5) is 13.2 Å². The van der Waals surface area contributed by atoms with Gasteiger partial charge < -0.3 is 25.0 Å². The molecule has 0 aliphatic heterocycles. The maximum absolute atomic E-state index is 11.9. The van der Waals surface area contributed by atoms with E-state index in [1.165, 1.54) is 0 Å². The van der Waals surface area contributed by atoms with Crippen LogP contribution in [0.5, 0.6) is 0 Å². The smallest absolute Gasteiger partial charge is 0.385 e. The number of ether oxygens (including phenoxy) is 2. The molecule has 0 radical (unpaired) electrons. The number of nitrogens with zero attached hydrogens (tertiary/aromatic N) is 2. The number of hydrogen-bond donors (Lipinski definition) is 2. The Morgan fingerprint density at radius 2 is 1.88 bits per heavy atom. The number of nitrogens with one attached hydrogen (secondary N) is 2. The van der Waals surface area contributed by atoms with Gasteiger partial charge in [0, 0.05) is 53.0 Å². The Hall–Kier alpha value is -1.06. The summed E-state index contributed by atoms with van der Waals surface area (Å²) < 4.78 is 45.3. The van der Waals surface area contributed by atoms with Gasteiger partial charge in [0.2, 0.25) is 0 Å². The number of likely N-dealkylation sites (N-methyl/N-ethyl adjacent to an activating group) is 1. The van der Waals surface area contributed by atoms with Gasteiger partial charge in [0.25, 0.3) is 0 Å². The third kappa shape index (κ3) is 15.8. The van der Waals surface area contributed by atoms with E-state index in [1.54, 1.807) is 7.11 Å². The molecule has 0 fully saturated rings. The Kier molecular flexibility index (Phi) is 13.7. The van der Waals surface area contributed by atoms with Crippen LogP contribution >= 0.6 is 0 Å². The van der Waals surface area contributed by atoms with Crippen molar-refractivity contribution in [3.05, 3.63) is 0 Å². The van der Waals surface area contributed by atoms with Gasteiger partial charge in [0.15, 0.2) is 5.96 Å². The maximum Gasteiger partial charge on any atom is 0.411 e. The molecular weight excluding hydrogens is 325 g/mol. The molecule has 24 heavy (non-hydrogen) atoms. The summed E-state index contributed by atoms with van der Waals surface area (Å²) in [6.07, 6.45) is -2.84. The Morgan fingerprint density at radius 3 is 2.50 bits per heavy atom. The number of hydrogen-bond acceptors (Lipinski definition) is 4. The number of methoxy groups -OCH3 is 1. The Balaban J connectivity index is 3.86. The van der Waals surface area contributed by atoms with E-state index in [0.29, 0.717) is 18.9 Å². The minimum atomic E-state index is -4.27. The van der Waals surface area contributed by atoms with Crippen LogP contribution in [0.1, 0.15) is 19.8 Å². The lowest BCUT2D eigenvalue weighted by Gasteiger charge is -2.18. The molecular formula is C15H31F3N4O2. The topological polar surface area (TPSA) is 58.1 Å². The second kappa shape index (κ2) is 14.3. The molecule has 0 aromatic carbocycles. The lowest BCUT2D eigenvalue weighted by molar-refractivity contribution is -0.173. The van der Waals surface area contributed by atoms with Gasteiger partial charge in [0.1, 0.15) is 6.61 Å². The van der Waals surface area contributed by atoms with Crippen LogP contribution < -0.4 is 10.6 Å². The van der Waals surface area contributed by atoms with Crippen molar-refractivity contribution in [1.82, 2.24) is 15.5 Å². The number of alkyl halides is 3. The zero-order valence-corrected chi connectivity index (χ0v) is 14.9. The Morgan fingerprint density at radius 1 is 1.12 bits per heavy atom. The molecule has 0 heterocycles. The summed E-state index contributed by atoms with van der Waals surface area (Å²) in [5.41, 5.74) is 0. The van der Waals surface area contributed by atoms with Gasteiger partial charge >= 0.3 is 6.18 Å². The van der Waals surface area contributed by atoms with Gasteiger partial charge in [-0.3, -0.25) is 4.99 Å². The normalized spacial score (nSPS) is 12.7. The average Bonchev–Trinajstić information content (AvgIpc) is 2.50. The molecule has 0 unspecified atom stereocenters. The lowest BCUT2D eigenvalue weighted by Crippen LogP contribution is -2.41. The fourth-order valence-corrected chi connectivity index (χ4v) is 1.84. The van der Waals surface area contributed by atoms with Crippen molar-refractivity contribution in [2.45, 2.75) is 25.9 Å². The van der Waals surface area contributed by atoms with Crippen LogP contribution in [-0.2, 0) is 9.47 Å². The highest BCUT2D eigenvalue weighted by Gasteiger charge is 2.27. The van der Waals surface area contributed by atoms with Crippen molar-refractivity contribution in [2.24, 2.45) is 4.99 Å². The van der Waals surface area contributed by atoms with Crippen LogP contribution in [0.25, 0.3) is 0 Å². The Bertz CT molecular complexity index is 328. The van der Waals surface area contributed by atoms with Crippen molar-refractivity contribution in [3.63, 3.8) is 0 Å². The second-order valence-corrected chi connectivity index (χ2v) is 5.36. The van der Waals surface area contributed by atoms with E-state index in [9.17, 15) is 13.2 Å². The first-order chi connectivity index (χ1) is 11.4. The summed E-state index contributed by atoms with van der Waals surface area (Å²) in [6.45, 7) is 5.24. The molecule has 0 aromatic heterocycles. The third-order valence-electron chi connectivity index (χ3n) is 3.00.